The fourth-order valence-corrected chi connectivity index (χ4v) is 3.67. The Labute approximate surface area is 179 Å². The molecule has 0 saturated carbocycles. The van der Waals surface area contributed by atoms with Gasteiger partial charge in [-0.15, -0.1) is 0 Å². The van der Waals surface area contributed by atoms with E-state index >= 15 is 0 Å². The van der Waals surface area contributed by atoms with Crippen LogP contribution >= 0.6 is 0 Å². The predicted octanol–water partition coefficient (Wildman–Crippen LogP) is 4.10. The Bertz CT molecular complexity index is 1080. The number of aromatic carboxylic acids is 1. The molecule has 3 aromatic rings. The van der Waals surface area contributed by atoms with Gasteiger partial charge in [0.05, 0.1) is 11.3 Å². The molecule has 0 aliphatic carbocycles. The molecule has 1 amide bonds. The smallest absolute Gasteiger partial charge is 0.337 e. The first kappa shape index (κ1) is 20.4. The Hall–Kier alpha value is -3.87. The van der Waals surface area contributed by atoms with Crippen LogP contribution in [0.2, 0.25) is 0 Å². The monoisotopic (exact) mass is 419 g/mol. The minimum absolute atomic E-state index is 0.0125. The lowest BCUT2D eigenvalue weighted by atomic mass is 10.1. The van der Waals surface area contributed by atoms with Crippen LogP contribution in [-0.4, -0.2) is 43.2 Å². The number of rotatable bonds is 5. The van der Waals surface area contributed by atoms with Crippen LogP contribution in [0.25, 0.3) is 0 Å². The number of hydrogen-bond acceptors (Lipinski definition) is 4. The van der Waals surface area contributed by atoms with Crippen molar-refractivity contribution in [3.8, 4) is 0 Å². The molecule has 0 aromatic heterocycles. The Morgan fingerprint density at radius 2 is 1.42 bits per heavy atom. The number of benzene rings is 3. The molecule has 1 aliphatic rings. The highest BCUT2D eigenvalue weighted by molar-refractivity contribution is 6.08. The van der Waals surface area contributed by atoms with Gasteiger partial charge in [-0.1, -0.05) is 18.2 Å². The maximum Gasteiger partial charge on any atom is 0.337 e. The van der Waals surface area contributed by atoms with Crippen molar-refractivity contribution in [3.63, 3.8) is 0 Å². The number of carbonyl (C=O) groups is 2. The summed E-state index contributed by atoms with van der Waals surface area (Å²) >= 11 is 0. The van der Waals surface area contributed by atoms with Crippen LogP contribution in [-0.2, 0) is 0 Å². The van der Waals surface area contributed by atoms with Crippen molar-refractivity contribution in [1.82, 2.24) is 0 Å². The summed E-state index contributed by atoms with van der Waals surface area (Å²) in [4.78, 5) is 28.7. The largest absolute Gasteiger partial charge is 0.478 e. The normalized spacial score (nSPS) is 13.7. The van der Waals surface area contributed by atoms with E-state index in [0.717, 1.165) is 31.9 Å². The SMILES string of the molecule is O=C(Nc1ccc(N2CCN(c3ccccc3)CC2)cc1C(=O)O)c1ccc(F)cc1. The van der Waals surface area contributed by atoms with E-state index < -0.39 is 17.7 Å². The summed E-state index contributed by atoms with van der Waals surface area (Å²) in [5.74, 6) is -2.06. The van der Waals surface area contributed by atoms with E-state index in [1.807, 2.05) is 24.3 Å². The van der Waals surface area contributed by atoms with Crippen LogP contribution in [0.1, 0.15) is 20.7 Å². The average Bonchev–Trinajstić information content (AvgIpc) is 2.80. The van der Waals surface area contributed by atoms with Crippen LogP contribution in [0.15, 0.2) is 72.8 Å². The summed E-state index contributed by atoms with van der Waals surface area (Å²) in [7, 11) is 0. The Balaban J connectivity index is 1.48. The molecular weight excluding hydrogens is 397 g/mol. The molecule has 1 aliphatic heterocycles. The number of hydrogen-bond donors (Lipinski definition) is 2. The number of para-hydroxylation sites is 1. The average molecular weight is 419 g/mol. The third kappa shape index (κ3) is 4.66. The summed E-state index contributed by atoms with van der Waals surface area (Å²) in [5, 5.41) is 12.3. The van der Waals surface area contributed by atoms with Crippen molar-refractivity contribution >= 4 is 28.9 Å². The number of carbonyl (C=O) groups excluding carboxylic acids is 1. The zero-order valence-electron chi connectivity index (χ0n) is 16.8. The quantitative estimate of drug-likeness (QED) is 0.651. The van der Waals surface area contributed by atoms with Crippen molar-refractivity contribution in [2.75, 3.05) is 41.3 Å². The minimum Gasteiger partial charge on any atom is -0.478 e. The van der Waals surface area contributed by atoms with E-state index in [4.69, 9.17) is 0 Å². The third-order valence-corrected chi connectivity index (χ3v) is 5.35. The standard InChI is InChI=1S/C24H22FN3O3/c25-18-8-6-17(7-9-18)23(29)26-22-11-10-20(16-21(22)24(30)31)28-14-12-27(13-15-28)19-4-2-1-3-5-19/h1-11,16H,12-15H2,(H,26,29)(H,30,31). The van der Waals surface area contributed by atoms with Gasteiger partial charge in [-0.25, -0.2) is 9.18 Å². The van der Waals surface area contributed by atoms with Crippen LogP contribution in [0.3, 0.4) is 0 Å². The summed E-state index contributed by atoms with van der Waals surface area (Å²) in [6, 6.07) is 20.3. The summed E-state index contributed by atoms with van der Waals surface area (Å²) in [6.07, 6.45) is 0. The van der Waals surface area contributed by atoms with Gasteiger partial charge in [0.15, 0.2) is 0 Å². The molecule has 6 nitrogen and oxygen atoms in total. The molecular formula is C24H22FN3O3. The van der Waals surface area contributed by atoms with E-state index in [1.54, 1.807) is 12.1 Å². The Kier molecular flexibility index (Phi) is 5.84. The van der Waals surface area contributed by atoms with E-state index in [9.17, 15) is 19.1 Å². The zero-order chi connectivity index (χ0) is 21.8. The summed E-state index contributed by atoms with van der Waals surface area (Å²) in [5.41, 5.74) is 2.43. The molecule has 0 unspecified atom stereocenters. The van der Waals surface area contributed by atoms with Crippen LogP contribution < -0.4 is 15.1 Å². The van der Waals surface area contributed by atoms with Crippen molar-refractivity contribution < 1.29 is 19.1 Å². The molecule has 2 N–H and O–H groups in total. The van der Waals surface area contributed by atoms with Gasteiger partial charge in [0, 0.05) is 43.1 Å². The number of piperazine rings is 1. The third-order valence-electron chi connectivity index (χ3n) is 5.35. The number of carboxylic acid groups (broad SMARTS) is 1. The van der Waals surface area contributed by atoms with Gasteiger partial charge >= 0.3 is 5.97 Å². The van der Waals surface area contributed by atoms with Gasteiger partial charge in [0.25, 0.3) is 5.91 Å². The molecule has 1 heterocycles. The van der Waals surface area contributed by atoms with Gasteiger partial charge < -0.3 is 20.2 Å². The number of carboxylic acids is 1. The second-order valence-electron chi connectivity index (χ2n) is 7.31. The number of nitrogens with one attached hydrogen (secondary N) is 1. The van der Waals surface area contributed by atoms with Crippen LogP contribution in [0, 0.1) is 5.82 Å². The first-order valence-corrected chi connectivity index (χ1v) is 10.0. The first-order valence-electron chi connectivity index (χ1n) is 10.0. The fraction of sp³-hybridized carbons (Fsp3) is 0.167. The predicted molar refractivity (Wildman–Crippen MR) is 119 cm³/mol. The second-order valence-corrected chi connectivity index (χ2v) is 7.31. The molecule has 0 radical (unpaired) electrons. The van der Waals surface area contributed by atoms with Crippen molar-refractivity contribution in [2.24, 2.45) is 0 Å². The van der Waals surface area contributed by atoms with Gasteiger partial charge in [-0.05, 0) is 54.6 Å². The van der Waals surface area contributed by atoms with E-state index in [2.05, 4.69) is 27.2 Å². The van der Waals surface area contributed by atoms with Crippen LogP contribution in [0.4, 0.5) is 21.5 Å². The van der Waals surface area contributed by atoms with Gasteiger partial charge in [0.2, 0.25) is 0 Å². The number of nitrogens with zero attached hydrogens (tertiary/aromatic N) is 2. The highest BCUT2D eigenvalue weighted by Crippen LogP contribution is 2.26. The molecule has 0 bridgehead atoms. The van der Waals surface area contributed by atoms with E-state index in [-0.39, 0.29) is 16.8 Å². The van der Waals surface area contributed by atoms with Gasteiger partial charge in [0.1, 0.15) is 5.82 Å². The Morgan fingerprint density at radius 1 is 0.806 bits per heavy atom. The topological polar surface area (TPSA) is 72.9 Å². The van der Waals surface area contributed by atoms with Gasteiger partial charge in [-0.2, -0.15) is 0 Å². The Morgan fingerprint density at radius 3 is 2.03 bits per heavy atom. The molecule has 1 saturated heterocycles. The molecule has 0 atom stereocenters. The lowest BCUT2D eigenvalue weighted by molar-refractivity contribution is 0.0698. The van der Waals surface area contributed by atoms with Gasteiger partial charge in [-0.3, -0.25) is 4.79 Å². The lowest BCUT2D eigenvalue weighted by Gasteiger charge is -2.37. The maximum atomic E-state index is 13.1. The molecule has 158 valence electrons. The minimum atomic E-state index is -1.13. The molecule has 31 heavy (non-hydrogen) atoms. The maximum absolute atomic E-state index is 13.1. The van der Waals surface area contributed by atoms with E-state index in [0.29, 0.717) is 0 Å². The van der Waals surface area contributed by atoms with Crippen molar-refractivity contribution in [3.05, 3.63) is 89.7 Å². The summed E-state index contributed by atoms with van der Waals surface area (Å²) < 4.78 is 13.1. The number of anilines is 3. The molecule has 7 heteroatoms. The molecule has 0 spiro atoms. The fourth-order valence-electron chi connectivity index (χ4n) is 3.67. The second kappa shape index (κ2) is 8.87. The number of amides is 1. The highest BCUT2D eigenvalue weighted by atomic mass is 19.1. The molecule has 1 fully saturated rings. The zero-order valence-corrected chi connectivity index (χ0v) is 16.8. The number of halogens is 1. The van der Waals surface area contributed by atoms with E-state index in [1.165, 1.54) is 30.0 Å². The molecule has 3 aromatic carbocycles. The lowest BCUT2D eigenvalue weighted by Crippen LogP contribution is -2.46. The van der Waals surface area contributed by atoms with Crippen molar-refractivity contribution in [1.29, 1.82) is 0 Å². The first-order chi connectivity index (χ1) is 15.0. The summed E-state index contributed by atoms with van der Waals surface area (Å²) in [6.45, 7) is 3.18. The molecule has 4 rings (SSSR count). The van der Waals surface area contributed by atoms with Crippen LogP contribution in [0.5, 0.6) is 0 Å². The highest BCUT2D eigenvalue weighted by Gasteiger charge is 2.20. The van der Waals surface area contributed by atoms with Crippen molar-refractivity contribution in [2.45, 2.75) is 0 Å².